The highest BCUT2D eigenvalue weighted by Gasteiger charge is 2.19. The van der Waals surface area contributed by atoms with Crippen molar-refractivity contribution in [3.63, 3.8) is 0 Å². The molecule has 4 heteroatoms. The highest BCUT2D eigenvalue weighted by atomic mass is 32.1. The molecule has 0 aliphatic heterocycles. The third kappa shape index (κ3) is 5.58. The summed E-state index contributed by atoms with van der Waals surface area (Å²) in [6.45, 7) is 0. The maximum atomic E-state index is 5.16. The van der Waals surface area contributed by atoms with E-state index in [1.54, 1.807) is 0 Å². The van der Waals surface area contributed by atoms with Crippen LogP contribution in [0.1, 0.15) is 0 Å². The smallest absolute Gasteiger partial charge is 0.164 e. The molecule has 9 aromatic rings. The molecule has 0 atom stereocenters. The Morgan fingerprint density at radius 3 is 1.35 bits per heavy atom. The van der Waals surface area contributed by atoms with Crippen LogP contribution in [0.25, 0.3) is 87.7 Å². The summed E-state index contributed by atoms with van der Waals surface area (Å²) in [5.74, 6) is 1.97. The van der Waals surface area contributed by atoms with Gasteiger partial charge in [0.15, 0.2) is 17.5 Å². The molecule has 0 saturated carbocycles. The van der Waals surface area contributed by atoms with E-state index in [1.165, 1.54) is 42.4 Å². The number of thiophene rings is 1. The van der Waals surface area contributed by atoms with Crippen LogP contribution in [0, 0.1) is 0 Å². The maximum Gasteiger partial charge on any atom is 0.164 e. The molecule has 49 heavy (non-hydrogen) atoms. The fraction of sp³-hybridized carbons (Fsp3) is 0. The average Bonchev–Trinajstić information content (AvgIpc) is 3.57. The van der Waals surface area contributed by atoms with Crippen molar-refractivity contribution in [1.82, 2.24) is 15.0 Å². The Bertz CT molecular complexity index is 2540. The first kappa shape index (κ1) is 29.0. The van der Waals surface area contributed by atoms with Crippen LogP contribution in [0.4, 0.5) is 0 Å². The summed E-state index contributed by atoms with van der Waals surface area (Å²) in [5.41, 5.74) is 9.95. The summed E-state index contributed by atoms with van der Waals surface area (Å²) in [6, 6.07) is 61.7. The number of nitrogens with zero attached hydrogens (tertiary/aromatic N) is 3. The van der Waals surface area contributed by atoms with E-state index in [9.17, 15) is 0 Å². The van der Waals surface area contributed by atoms with Gasteiger partial charge in [-0.3, -0.25) is 0 Å². The highest BCUT2D eigenvalue weighted by molar-refractivity contribution is 7.26. The maximum absolute atomic E-state index is 5.16. The van der Waals surface area contributed by atoms with Crippen molar-refractivity contribution < 1.29 is 0 Å². The van der Waals surface area contributed by atoms with E-state index >= 15 is 0 Å². The van der Waals surface area contributed by atoms with Gasteiger partial charge in [0.1, 0.15) is 0 Å². The third-order valence-electron chi connectivity index (χ3n) is 8.92. The molecule has 0 spiro atoms. The zero-order chi connectivity index (χ0) is 32.6. The van der Waals surface area contributed by atoms with Crippen LogP contribution in [-0.2, 0) is 0 Å². The van der Waals surface area contributed by atoms with E-state index in [0.29, 0.717) is 17.5 Å². The van der Waals surface area contributed by atoms with Gasteiger partial charge in [0.25, 0.3) is 0 Å². The van der Waals surface area contributed by atoms with Crippen LogP contribution in [0.3, 0.4) is 0 Å². The fourth-order valence-corrected chi connectivity index (χ4v) is 7.69. The lowest BCUT2D eigenvalue weighted by Crippen LogP contribution is -2.00. The molecule has 9 rings (SSSR count). The average molecular weight is 644 g/mol. The van der Waals surface area contributed by atoms with Crippen molar-refractivity contribution in [2.24, 2.45) is 0 Å². The Kier molecular flexibility index (Phi) is 7.34. The van der Waals surface area contributed by atoms with Gasteiger partial charge >= 0.3 is 0 Å². The second kappa shape index (κ2) is 12.4. The SMILES string of the molecule is c1ccc(-c2cccc(-c3cccc(-c4cc(-c5nc(-c6ccccc6)nc(-c6ccccc6)n5)c5c(c4)sc4ccccc45)c3)c2)cc1. The van der Waals surface area contributed by atoms with E-state index in [-0.39, 0.29) is 0 Å². The Hall–Kier alpha value is -6.23. The Morgan fingerprint density at radius 2 is 0.755 bits per heavy atom. The van der Waals surface area contributed by atoms with Crippen molar-refractivity contribution in [1.29, 1.82) is 0 Å². The predicted molar refractivity (Wildman–Crippen MR) is 205 cm³/mol. The quantitative estimate of drug-likeness (QED) is 0.181. The zero-order valence-electron chi connectivity index (χ0n) is 26.5. The topological polar surface area (TPSA) is 38.7 Å². The third-order valence-corrected chi connectivity index (χ3v) is 10.0. The van der Waals surface area contributed by atoms with E-state index in [4.69, 9.17) is 15.0 Å². The first-order chi connectivity index (χ1) is 24.3. The molecule has 0 saturated heterocycles. The standard InChI is InChI=1S/C45H29N3S/c1-4-14-30(15-5-1)33-20-12-21-34(26-33)35-22-13-23-36(27-35)37-28-39(42-38-24-10-11-25-40(38)49-41(42)29-37)45-47-43(31-16-6-2-7-17-31)46-44(48-45)32-18-8-3-9-19-32/h1-29H. The van der Waals surface area contributed by atoms with Gasteiger partial charge in [-0.25, -0.2) is 15.0 Å². The van der Waals surface area contributed by atoms with Gasteiger partial charge in [-0.2, -0.15) is 0 Å². The van der Waals surface area contributed by atoms with Crippen LogP contribution in [0.15, 0.2) is 176 Å². The van der Waals surface area contributed by atoms with E-state index in [0.717, 1.165) is 27.8 Å². The van der Waals surface area contributed by atoms with Crippen LogP contribution in [0.5, 0.6) is 0 Å². The zero-order valence-corrected chi connectivity index (χ0v) is 27.3. The molecule has 0 radical (unpaired) electrons. The molecule has 0 amide bonds. The van der Waals surface area contributed by atoms with Gasteiger partial charge < -0.3 is 0 Å². The molecule has 0 fully saturated rings. The van der Waals surface area contributed by atoms with E-state index in [2.05, 4.69) is 140 Å². The fourth-order valence-electron chi connectivity index (χ4n) is 6.51. The molecule has 0 aliphatic carbocycles. The predicted octanol–water partition coefficient (Wildman–Crippen LogP) is 12.2. The second-order valence-electron chi connectivity index (χ2n) is 12.1. The molecular formula is C45H29N3S. The molecule has 3 nitrogen and oxygen atoms in total. The molecule has 230 valence electrons. The summed E-state index contributed by atoms with van der Waals surface area (Å²) in [7, 11) is 0. The van der Waals surface area contributed by atoms with Crippen molar-refractivity contribution in [2.75, 3.05) is 0 Å². The van der Waals surface area contributed by atoms with Crippen LogP contribution >= 0.6 is 11.3 Å². The number of fused-ring (bicyclic) bond motifs is 3. The molecule has 0 unspecified atom stereocenters. The van der Waals surface area contributed by atoms with Gasteiger partial charge in [0.2, 0.25) is 0 Å². The monoisotopic (exact) mass is 643 g/mol. The number of hydrogen-bond donors (Lipinski definition) is 0. The highest BCUT2D eigenvalue weighted by Crippen LogP contribution is 2.43. The minimum absolute atomic E-state index is 0.655. The van der Waals surface area contributed by atoms with Gasteiger partial charge in [0.05, 0.1) is 0 Å². The number of aromatic nitrogens is 3. The molecule has 0 aliphatic rings. The first-order valence-electron chi connectivity index (χ1n) is 16.4. The molecule has 0 N–H and O–H groups in total. The van der Waals surface area contributed by atoms with Gasteiger partial charge in [-0.15, -0.1) is 11.3 Å². The first-order valence-corrected chi connectivity index (χ1v) is 17.2. The van der Waals surface area contributed by atoms with E-state index in [1.807, 2.05) is 47.7 Å². The summed E-state index contributed by atoms with van der Waals surface area (Å²) >= 11 is 1.81. The minimum Gasteiger partial charge on any atom is -0.208 e. The van der Waals surface area contributed by atoms with Gasteiger partial charge in [0, 0.05) is 36.9 Å². The molecule has 2 heterocycles. The van der Waals surface area contributed by atoms with Gasteiger partial charge in [-0.1, -0.05) is 146 Å². The molecule has 2 aromatic heterocycles. The van der Waals surface area contributed by atoms with Crippen molar-refractivity contribution >= 4 is 31.5 Å². The number of hydrogen-bond acceptors (Lipinski definition) is 4. The summed E-state index contributed by atoms with van der Waals surface area (Å²) in [5, 5.41) is 2.37. The summed E-state index contributed by atoms with van der Waals surface area (Å²) in [4.78, 5) is 15.3. The second-order valence-corrected chi connectivity index (χ2v) is 13.1. The summed E-state index contributed by atoms with van der Waals surface area (Å²) < 4.78 is 2.44. The largest absolute Gasteiger partial charge is 0.208 e. The molecule has 7 aromatic carbocycles. The van der Waals surface area contributed by atoms with Crippen molar-refractivity contribution in [3.8, 4) is 67.5 Å². The van der Waals surface area contributed by atoms with Crippen LogP contribution in [0.2, 0.25) is 0 Å². The van der Waals surface area contributed by atoms with Crippen molar-refractivity contribution in [3.05, 3.63) is 176 Å². The summed E-state index contributed by atoms with van der Waals surface area (Å²) in [6.07, 6.45) is 0. The van der Waals surface area contributed by atoms with Crippen molar-refractivity contribution in [2.45, 2.75) is 0 Å². The Labute approximate surface area is 288 Å². The molecule has 0 bridgehead atoms. The normalized spacial score (nSPS) is 11.3. The minimum atomic E-state index is 0.655. The lowest BCUT2D eigenvalue weighted by molar-refractivity contribution is 1.08. The van der Waals surface area contributed by atoms with Gasteiger partial charge in [-0.05, 0) is 63.7 Å². The Balaban J connectivity index is 1.24. The lowest BCUT2D eigenvalue weighted by atomic mass is 9.94. The van der Waals surface area contributed by atoms with E-state index < -0.39 is 0 Å². The number of rotatable bonds is 6. The Morgan fingerprint density at radius 1 is 0.306 bits per heavy atom. The lowest BCUT2D eigenvalue weighted by Gasteiger charge is -2.12. The molecular weight excluding hydrogens is 615 g/mol. The van der Waals surface area contributed by atoms with Crippen LogP contribution in [-0.4, -0.2) is 15.0 Å². The number of benzene rings is 7. The van der Waals surface area contributed by atoms with Crippen LogP contribution < -0.4 is 0 Å².